The number of amides is 1. The van der Waals surface area contributed by atoms with E-state index in [1.807, 2.05) is 25.1 Å². The maximum absolute atomic E-state index is 11.2. The number of thioether (sulfide) groups is 1. The molecule has 0 heterocycles. The Kier molecular flexibility index (Phi) is 6.26. The molecule has 0 aliphatic carbocycles. The third-order valence-electron chi connectivity index (χ3n) is 2.38. The first-order chi connectivity index (χ1) is 8.71. The van der Waals surface area contributed by atoms with Gasteiger partial charge in [-0.05, 0) is 24.2 Å². The lowest BCUT2D eigenvalue weighted by molar-refractivity contribution is -0.118. The van der Waals surface area contributed by atoms with Gasteiger partial charge in [0.1, 0.15) is 6.07 Å². The van der Waals surface area contributed by atoms with Gasteiger partial charge in [0.05, 0.1) is 11.3 Å². The molecule has 1 amide bonds. The van der Waals surface area contributed by atoms with Gasteiger partial charge in [-0.3, -0.25) is 4.79 Å². The number of nitrogens with one attached hydrogen (secondary N) is 2. The summed E-state index contributed by atoms with van der Waals surface area (Å²) < 4.78 is 0. The Labute approximate surface area is 112 Å². The van der Waals surface area contributed by atoms with Crippen molar-refractivity contribution >= 4 is 17.7 Å². The lowest BCUT2D eigenvalue weighted by atomic mass is 10.1. The van der Waals surface area contributed by atoms with E-state index < -0.39 is 0 Å². The van der Waals surface area contributed by atoms with Crippen molar-refractivity contribution in [1.29, 1.82) is 5.26 Å². The molecule has 1 aromatic carbocycles. The third kappa shape index (κ3) is 4.40. The lowest BCUT2D eigenvalue weighted by Gasteiger charge is -2.07. The maximum Gasteiger partial charge on any atom is 0.230 e. The van der Waals surface area contributed by atoms with Gasteiger partial charge in [-0.15, -0.1) is 11.8 Å². The molecule has 0 radical (unpaired) electrons. The van der Waals surface area contributed by atoms with Gasteiger partial charge >= 0.3 is 0 Å². The fourth-order valence-electron chi connectivity index (χ4n) is 1.39. The molecule has 5 heteroatoms. The monoisotopic (exact) mass is 263 g/mol. The van der Waals surface area contributed by atoms with Crippen LogP contribution in [0.5, 0.6) is 0 Å². The van der Waals surface area contributed by atoms with Crippen molar-refractivity contribution < 1.29 is 4.79 Å². The number of hydrogen-bond acceptors (Lipinski definition) is 4. The quantitative estimate of drug-likeness (QED) is 0.764. The van der Waals surface area contributed by atoms with Crippen LogP contribution < -0.4 is 10.6 Å². The average Bonchev–Trinajstić information content (AvgIpc) is 2.42. The Balaban J connectivity index is 2.74. The Morgan fingerprint density at radius 3 is 2.89 bits per heavy atom. The van der Waals surface area contributed by atoms with Crippen molar-refractivity contribution in [3.63, 3.8) is 0 Å². The van der Waals surface area contributed by atoms with Gasteiger partial charge in [0, 0.05) is 18.5 Å². The summed E-state index contributed by atoms with van der Waals surface area (Å²) in [6.07, 6.45) is 0. The summed E-state index contributed by atoms with van der Waals surface area (Å²) in [5, 5.41) is 14.9. The lowest BCUT2D eigenvalue weighted by Crippen LogP contribution is -2.19. The normalized spacial score (nSPS) is 9.83. The second kappa shape index (κ2) is 7.75. The van der Waals surface area contributed by atoms with Gasteiger partial charge in [-0.25, -0.2) is 0 Å². The molecule has 18 heavy (non-hydrogen) atoms. The highest BCUT2D eigenvalue weighted by Crippen LogP contribution is 2.23. The van der Waals surface area contributed by atoms with Gasteiger partial charge < -0.3 is 10.6 Å². The Hall–Kier alpha value is -1.51. The number of nitrogens with zero attached hydrogens (tertiary/aromatic N) is 1. The number of carbonyl (C=O) groups is 1. The Bertz CT molecular complexity index is 454. The molecule has 0 atom stereocenters. The van der Waals surface area contributed by atoms with E-state index >= 15 is 0 Å². The van der Waals surface area contributed by atoms with Crippen LogP contribution in [0.25, 0.3) is 0 Å². The first kappa shape index (κ1) is 14.6. The fraction of sp³-hybridized carbons (Fsp3) is 0.385. The van der Waals surface area contributed by atoms with Crippen LogP contribution in [0.4, 0.5) is 0 Å². The first-order valence-corrected chi connectivity index (χ1v) is 6.77. The molecular weight excluding hydrogens is 246 g/mol. The van der Waals surface area contributed by atoms with Crippen LogP contribution in [0.1, 0.15) is 18.1 Å². The second-order valence-electron chi connectivity index (χ2n) is 3.68. The van der Waals surface area contributed by atoms with Crippen molar-refractivity contribution in [2.45, 2.75) is 18.4 Å². The molecule has 0 saturated heterocycles. The molecular formula is C13H17N3OS. The van der Waals surface area contributed by atoms with E-state index in [9.17, 15) is 4.79 Å². The van der Waals surface area contributed by atoms with Crippen LogP contribution in [0, 0.1) is 11.3 Å². The number of rotatable bonds is 6. The van der Waals surface area contributed by atoms with Crippen LogP contribution in [0.15, 0.2) is 23.1 Å². The molecule has 1 rings (SSSR count). The molecule has 96 valence electrons. The van der Waals surface area contributed by atoms with Crippen molar-refractivity contribution in [3.8, 4) is 6.07 Å². The van der Waals surface area contributed by atoms with E-state index in [1.165, 1.54) is 11.8 Å². The molecule has 0 spiro atoms. The fourth-order valence-corrected chi connectivity index (χ4v) is 2.24. The average molecular weight is 263 g/mol. The highest BCUT2D eigenvalue weighted by atomic mass is 32.2. The Morgan fingerprint density at radius 1 is 1.50 bits per heavy atom. The summed E-state index contributed by atoms with van der Waals surface area (Å²) in [5.41, 5.74) is 1.71. The summed E-state index contributed by atoms with van der Waals surface area (Å²) in [6, 6.07) is 7.93. The molecule has 1 aromatic rings. The van der Waals surface area contributed by atoms with Crippen molar-refractivity contribution in [2.24, 2.45) is 0 Å². The predicted octanol–water partition coefficient (Wildman–Crippen LogP) is 1.51. The summed E-state index contributed by atoms with van der Waals surface area (Å²) >= 11 is 1.38. The zero-order chi connectivity index (χ0) is 13.4. The smallest absolute Gasteiger partial charge is 0.230 e. The predicted molar refractivity (Wildman–Crippen MR) is 73.3 cm³/mol. The number of benzene rings is 1. The zero-order valence-electron chi connectivity index (χ0n) is 10.6. The van der Waals surface area contributed by atoms with Crippen LogP contribution in [-0.4, -0.2) is 25.3 Å². The number of hydrogen-bond donors (Lipinski definition) is 2. The zero-order valence-corrected chi connectivity index (χ0v) is 11.4. The van der Waals surface area contributed by atoms with E-state index in [2.05, 4.69) is 16.7 Å². The van der Waals surface area contributed by atoms with Gasteiger partial charge in [-0.1, -0.05) is 13.0 Å². The molecule has 4 nitrogen and oxygen atoms in total. The van der Waals surface area contributed by atoms with E-state index in [1.54, 1.807) is 7.05 Å². The van der Waals surface area contributed by atoms with Crippen LogP contribution in [0.3, 0.4) is 0 Å². The third-order valence-corrected chi connectivity index (χ3v) is 3.45. The van der Waals surface area contributed by atoms with Crippen LogP contribution >= 0.6 is 11.8 Å². The van der Waals surface area contributed by atoms with Gasteiger partial charge in [-0.2, -0.15) is 5.26 Å². The largest absolute Gasteiger partial charge is 0.358 e. The highest BCUT2D eigenvalue weighted by molar-refractivity contribution is 8.00. The summed E-state index contributed by atoms with van der Waals surface area (Å²) in [7, 11) is 1.60. The first-order valence-electron chi connectivity index (χ1n) is 5.78. The minimum Gasteiger partial charge on any atom is -0.358 e. The number of nitriles is 1. The van der Waals surface area contributed by atoms with E-state index in [4.69, 9.17) is 5.26 Å². The summed E-state index contributed by atoms with van der Waals surface area (Å²) in [4.78, 5) is 12.0. The SMILES string of the molecule is CCNCc1ccc(SCC(=O)NC)c(C#N)c1. The molecule has 0 aliphatic heterocycles. The van der Waals surface area contributed by atoms with E-state index in [0.29, 0.717) is 11.3 Å². The molecule has 0 bridgehead atoms. The van der Waals surface area contributed by atoms with E-state index in [0.717, 1.165) is 23.5 Å². The summed E-state index contributed by atoms with van der Waals surface area (Å²) in [6.45, 7) is 3.69. The molecule has 0 fully saturated rings. The van der Waals surface area contributed by atoms with Crippen molar-refractivity contribution in [2.75, 3.05) is 19.3 Å². The number of carbonyl (C=O) groups excluding carboxylic acids is 1. The second-order valence-corrected chi connectivity index (χ2v) is 4.70. The highest BCUT2D eigenvalue weighted by Gasteiger charge is 2.06. The van der Waals surface area contributed by atoms with Gasteiger partial charge in [0.2, 0.25) is 5.91 Å². The molecule has 0 aromatic heterocycles. The summed E-state index contributed by atoms with van der Waals surface area (Å²) in [5.74, 6) is 0.290. The maximum atomic E-state index is 11.2. The molecule has 0 unspecified atom stereocenters. The minimum absolute atomic E-state index is 0.0411. The Morgan fingerprint density at radius 2 is 2.28 bits per heavy atom. The van der Waals surface area contributed by atoms with Gasteiger partial charge in [0.15, 0.2) is 0 Å². The molecule has 0 aliphatic rings. The van der Waals surface area contributed by atoms with Crippen molar-refractivity contribution in [3.05, 3.63) is 29.3 Å². The van der Waals surface area contributed by atoms with Gasteiger partial charge in [0.25, 0.3) is 0 Å². The molecule has 2 N–H and O–H groups in total. The van der Waals surface area contributed by atoms with Crippen LogP contribution in [-0.2, 0) is 11.3 Å². The standard InChI is InChI=1S/C13H17N3OS/c1-3-16-8-10-4-5-12(11(6-10)7-14)18-9-13(17)15-2/h4-6,16H,3,8-9H2,1-2H3,(H,15,17). The van der Waals surface area contributed by atoms with Crippen LogP contribution in [0.2, 0.25) is 0 Å². The molecule has 0 saturated carbocycles. The minimum atomic E-state index is -0.0411. The van der Waals surface area contributed by atoms with Crippen molar-refractivity contribution in [1.82, 2.24) is 10.6 Å². The topological polar surface area (TPSA) is 64.9 Å². The van der Waals surface area contributed by atoms with E-state index in [-0.39, 0.29) is 5.91 Å².